The smallest absolute Gasteiger partial charge is 0.259 e. The van der Waals surface area contributed by atoms with Crippen molar-refractivity contribution in [2.24, 2.45) is 5.73 Å². The van der Waals surface area contributed by atoms with Gasteiger partial charge in [0, 0.05) is 6.20 Å². The molecule has 0 atom stereocenters. The monoisotopic (exact) mass is 356 g/mol. The van der Waals surface area contributed by atoms with Crippen LogP contribution in [0.5, 0.6) is 0 Å². The summed E-state index contributed by atoms with van der Waals surface area (Å²) >= 11 is 0. The average Bonchev–Trinajstić information content (AvgIpc) is 3.21. The number of amides is 2. The first kappa shape index (κ1) is 17.3. The lowest BCUT2D eigenvalue weighted by Gasteiger charge is -2.08. The molecule has 0 saturated carbocycles. The Morgan fingerprint density at radius 1 is 1.19 bits per heavy atom. The summed E-state index contributed by atoms with van der Waals surface area (Å²) in [6, 6.07) is 5.86. The fraction of sp³-hybridized carbons (Fsp3) is 0.176. The molecule has 0 spiro atoms. The minimum atomic E-state index is -0.528. The highest BCUT2D eigenvalue weighted by Gasteiger charge is 2.18. The Morgan fingerprint density at radius 2 is 1.92 bits per heavy atom. The van der Waals surface area contributed by atoms with Crippen LogP contribution >= 0.6 is 0 Å². The molecular weight excluding hydrogens is 339 g/mol. The van der Waals surface area contributed by atoms with E-state index < -0.39 is 5.91 Å². The van der Waals surface area contributed by atoms with E-state index in [0.717, 1.165) is 0 Å². The maximum Gasteiger partial charge on any atom is 0.259 e. The van der Waals surface area contributed by atoms with Crippen LogP contribution in [-0.4, -0.2) is 31.4 Å². The molecule has 2 aromatic heterocycles. The van der Waals surface area contributed by atoms with Crippen LogP contribution in [-0.2, 0) is 17.8 Å². The van der Waals surface area contributed by atoms with E-state index in [1.165, 1.54) is 35.4 Å². The number of anilines is 1. The van der Waals surface area contributed by atoms with E-state index in [4.69, 9.17) is 5.73 Å². The Balaban J connectivity index is 1.82. The second-order valence-electron chi connectivity index (χ2n) is 5.59. The number of rotatable bonds is 6. The lowest BCUT2D eigenvalue weighted by Crippen LogP contribution is -2.18. The number of nitrogens with one attached hydrogen (secondary N) is 1. The molecule has 8 nitrogen and oxygen atoms in total. The van der Waals surface area contributed by atoms with Crippen LogP contribution in [0.15, 0.2) is 42.9 Å². The third kappa shape index (κ3) is 3.61. The number of primary amides is 1. The molecule has 3 rings (SSSR count). The van der Waals surface area contributed by atoms with E-state index >= 15 is 0 Å². The van der Waals surface area contributed by atoms with Crippen molar-refractivity contribution in [3.8, 4) is 5.69 Å². The molecular formula is C17H17FN6O2. The van der Waals surface area contributed by atoms with Gasteiger partial charge in [-0.25, -0.2) is 9.07 Å². The van der Waals surface area contributed by atoms with Gasteiger partial charge in [-0.15, -0.1) is 0 Å². The van der Waals surface area contributed by atoms with Gasteiger partial charge in [-0.05, 0) is 30.7 Å². The number of hydrogen-bond donors (Lipinski definition) is 2. The van der Waals surface area contributed by atoms with Crippen molar-refractivity contribution >= 4 is 17.5 Å². The van der Waals surface area contributed by atoms with Gasteiger partial charge in [0.1, 0.15) is 12.4 Å². The summed E-state index contributed by atoms with van der Waals surface area (Å²) in [5.41, 5.74) is 7.31. The average molecular weight is 356 g/mol. The van der Waals surface area contributed by atoms with Crippen molar-refractivity contribution in [3.63, 3.8) is 0 Å². The van der Waals surface area contributed by atoms with Gasteiger partial charge in [-0.2, -0.15) is 10.2 Å². The van der Waals surface area contributed by atoms with Crippen molar-refractivity contribution in [1.82, 2.24) is 19.6 Å². The molecule has 0 aliphatic rings. The molecule has 0 fully saturated rings. The molecule has 0 unspecified atom stereocenters. The first-order chi connectivity index (χ1) is 12.5. The minimum absolute atomic E-state index is 0.0709. The number of benzene rings is 1. The Kier molecular flexibility index (Phi) is 4.78. The summed E-state index contributed by atoms with van der Waals surface area (Å²) in [5.74, 6) is -1.22. The van der Waals surface area contributed by atoms with E-state index in [2.05, 4.69) is 15.5 Å². The van der Waals surface area contributed by atoms with Gasteiger partial charge < -0.3 is 11.1 Å². The molecule has 2 heterocycles. The lowest BCUT2D eigenvalue weighted by molar-refractivity contribution is -0.118. The second-order valence-corrected chi connectivity index (χ2v) is 5.59. The van der Waals surface area contributed by atoms with Crippen LogP contribution in [0.3, 0.4) is 0 Å². The lowest BCUT2D eigenvalue weighted by atomic mass is 10.2. The van der Waals surface area contributed by atoms with E-state index in [0.29, 0.717) is 29.1 Å². The summed E-state index contributed by atoms with van der Waals surface area (Å²) in [6.07, 6.45) is 4.96. The maximum atomic E-state index is 13.1. The fourth-order valence-corrected chi connectivity index (χ4v) is 2.58. The quantitative estimate of drug-likeness (QED) is 0.698. The van der Waals surface area contributed by atoms with Crippen molar-refractivity contribution in [2.45, 2.75) is 19.9 Å². The van der Waals surface area contributed by atoms with Crippen LogP contribution in [0.1, 0.15) is 23.0 Å². The van der Waals surface area contributed by atoms with Gasteiger partial charge in [0.25, 0.3) is 5.91 Å². The molecule has 2 amide bonds. The second kappa shape index (κ2) is 7.18. The fourth-order valence-electron chi connectivity index (χ4n) is 2.58. The number of hydrogen-bond acceptors (Lipinski definition) is 4. The highest BCUT2D eigenvalue weighted by atomic mass is 19.1. The van der Waals surface area contributed by atoms with E-state index in [-0.39, 0.29) is 18.3 Å². The van der Waals surface area contributed by atoms with Crippen LogP contribution in [0.2, 0.25) is 0 Å². The molecule has 0 saturated heterocycles. The molecule has 134 valence electrons. The molecule has 0 radical (unpaired) electrons. The molecule has 0 aliphatic heterocycles. The molecule has 3 aromatic rings. The molecule has 26 heavy (non-hydrogen) atoms. The summed E-state index contributed by atoms with van der Waals surface area (Å²) in [5, 5.41) is 10.9. The number of halogens is 1. The van der Waals surface area contributed by atoms with E-state index in [9.17, 15) is 14.0 Å². The highest BCUT2D eigenvalue weighted by Crippen LogP contribution is 2.18. The Hall–Kier alpha value is -3.49. The summed E-state index contributed by atoms with van der Waals surface area (Å²) in [7, 11) is 0. The predicted molar refractivity (Wildman–Crippen MR) is 92.3 cm³/mol. The highest BCUT2D eigenvalue weighted by molar-refractivity contribution is 6.04. The first-order valence-corrected chi connectivity index (χ1v) is 7.93. The largest absolute Gasteiger partial charge is 0.368 e. The number of aromatic nitrogens is 4. The van der Waals surface area contributed by atoms with Gasteiger partial charge in [0.15, 0.2) is 0 Å². The van der Waals surface area contributed by atoms with E-state index in [1.807, 2.05) is 6.92 Å². The van der Waals surface area contributed by atoms with Crippen molar-refractivity contribution in [3.05, 3.63) is 59.9 Å². The van der Waals surface area contributed by atoms with Crippen molar-refractivity contribution in [1.29, 1.82) is 0 Å². The normalized spacial score (nSPS) is 10.7. The van der Waals surface area contributed by atoms with Crippen molar-refractivity contribution < 1.29 is 14.0 Å². The number of nitrogens with two attached hydrogens (primary N) is 1. The molecule has 3 N–H and O–H groups in total. The summed E-state index contributed by atoms with van der Waals surface area (Å²) in [4.78, 5) is 23.5. The maximum absolute atomic E-state index is 13.1. The zero-order valence-electron chi connectivity index (χ0n) is 14.0. The van der Waals surface area contributed by atoms with Gasteiger partial charge in [-0.1, -0.05) is 6.92 Å². The zero-order valence-corrected chi connectivity index (χ0v) is 14.0. The van der Waals surface area contributed by atoms with Crippen LogP contribution in [0.25, 0.3) is 5.69 Å². The number of carbonyl (C=O) groups excluding carboxylic acids is 2. The van der Waals surface area contributed by atoms with Crippen LogP contribution < -0.4 is 11.1 Å². The first-order valence-electron chi connectivity index (χ1n) is 7.93. The Morgan fingerprint density at radius 3 is 2.58 bits per heavy atom. The summed E-state index contributed by atoms with van der Waals surface area (Å²) < 4.78 is 16.0. The molecule has 9 heteroatoms. The predicted octanol–water partition coefficient (Wildman–Crippen LogP) is 1.51. The molecule has 0 bridgehead atoms. The topological polar surface area (TPSA) is 108 Å². The van der Waals surface area contributed by atoms with Crippen molar-refractivity contribution in [2.75, 3.05) is 5.32 Å². The SMILES string of the molecule is CCc1c(C(=O)Nc2cnn(CC(N)=O)c2)cnn1-c1ccc(F)cc1. The third-order valence-corrected chi connectivity index (χ3v) is 3.73. The summed E-state index contributed by atoms with van der Waals surface area (Å²) in [6.45, 7) is 1.83. The third-order valence-electron chi connectivity index (χ3n) is 3.73. The van der Waals surface area contributed by atoms with E-state index in [1.54, 1.807) is 16.8 Å². The minimum Gasteiger partial charge on any atom is -0.368 e. The number of carbonyl (C=O) groups is 2. The van der Waals surface area contributed by atoms with Gasteiger partial charge in [-0.3, -0.25) is 14.3 Å². The van der Waals surface area contributed by atoms with Gasteiger partial charge in [0.2, 0.25) is 5.91 Å². The standard InChI is InChI=1S/C17H17FN6O2/c1-2-15-14(8-21-24(15)13-5-3-11(18)4-6-13)17(26)22-12-7-20-23(9-12)10-16(19)25/h3-9H,2,10H2,1H3,(H2,19,25)(H,22,26). The van der Waals surface area contributed by atoms with Crippen LogP contribution in [0, 0.1) is 5.82 Å². The molecule has 1 aromatic carbocycles. The van der Waals surface area contributed by atoms with Gasteiger partial charge in [0.05, 0.1) is 35.0 Å². The van der Waals surface area contributed by atoms with Crippen LogP contribution in [0.4, 0.5) is 10.1 Å². The Labute approximate surface area is 148 Å². The zero-order chi connectivity index (χ0) is 18.7. The molecule has 0 aliphatic carbocycles. The Bertz CT molecular complexity index is 945. The number of nitrogens with zero attached hydrogens (tertiary/aromatic N) is 4. The van der Waals surface area contributed by atoms with Gasteiger partial charge >= 0.3 is 0 Å².